The minimum absolute atomic E-state index is 0.0126. The summed E-state index contributed by atoms with van der Waals surface area (Å²) in [5.74, 6) is -0.248. The van der Waals surface area contributed by atoms with Crippen molar-refractivity contribution in [3.05, 3.63) is 30.1 Å². The van der Waals surface area contributed by atoms with Crippen LogP contribution < -0.4 is 10.2 Å². The van der Waals surface area contributed by atoms with Crippen molar-refractivity contribution in [1.29, 1.82) is 0 Å². The van der Waals surface area contributed by atoms with Crippen LogP contribution >= 0.6 is 0 Å². The molecule has 0 aliphatic carbocycles. The summed E-state index contributed by atoms with van der Waals surface area (Å²) in [5.41, 5.74) is 0.969. The number of benzene rings is 1. The van der Waals surface area contributed by atoms with E-state index in [4.69, 9.17) is 0 Å². The molecule has 150 valence electrons. The van der Waals surface area contributed by atoms with E-state index in [9.17, 15) is 14.0 Å². The summed E-state index contributed by atoms with van der Waals surface area (Å²) in [5, 5.41) is 3.04. The Bertz CT molecular complexity index is 579. The summed E-state index contributed by atoms with van der Waals surface area (Å²) in [4.78, 5) is 27.4. The van der Waals surface area contributed by atoms with E-state index >= 15 is 0 Å². The fraction of sp³-hybridized carbons (Fsp3) is 0.619. The van der Waals surface area contributed by atoms with Crippen molar-refractivity contribution in [1.82, 2.24) is 10.2 Å². The molecular formula is C21H32FN3O2. The van der Waals surface area contributed by atoms with Crippen molar-refractivity contribution in [2.75, 3.05) is 31.1 Å². The van der Waals surface area contributed by atoms with Gasteiger partial charge in [-0.15, -0.1) is 0 Å². The summed E-state index contributed by atoms with van der Waals surface area (Å²) in [7, 11) is 0. The number of carbonyl (C=O) groups is 2. The van der Waals surface area contributed by atoms with Gasteiger partial charge in [0.15, 0.2) is 0 Å². The van der Waals surface area contributed by atoms with Gasteiger partial charge >= 0.3 is 6.03 Å². The smallest absolute Gasteiger partial charge is 0.317 e. The largest absolute Gasteiger partial charge is 0.368 e. The molecule has 1 aromatic carbocycles. The Morgan fingerprint density at radius 1 is 1.19 bits per heavy atom. The van der Waals surface area contributed by atoms with Gasteiger partial charge in [0, 0.05) is 38.3 Å². The van der Waals surface area contributed by atoms with Gasteiger partial charge in [-0.25, -0.2) is 9.18 Å². The van der Waals surface area contributed by atoms with Gasteiger partial charge in [0.25, 0.3) is 0 Å². The lowest BCUT2D eigenvalue weighted by atomic mass is 10.0. The van der Waals surface area contributed by atoms with E-state index in [1.165, 1.54) is 25.0 Å². The maximum Gasteiger partial charge on any atom is 0.317 e. The summed E-state index contributed by atoms with van der Waals surface area (Å²) < 4.78 is 13.2. The van der Waals surface area contributed by atoms with E-state index in [0.717, 1.165) is 44.2 Å². The highest BCUT2D eigenvalue weighted by atomic mass is 19.1. The van der Waals surface area contributed by atoms with Crippen LogP contribution in [0.1, 0.15) is 51.9 Å². The number of nitrogens with one attached hydrogen (secondary N) is 1. The molecule has 27 heavy (non-hydrogen) atoms. The van der Waals surface area contributed by atoms with Crippen molar-refractivity contribution >= 4 is 18.0 Å². The highest BCUT2D eigenvalue weighted by Gasteiger charge is 2.30. The van der Waals surface area contributed by atoms with Gasteiger partial charge < -0.3 is 19.9 Å². The minimum atomic E-state index is -0.248. The van der Waals surface area contributed by atoms with Crippen LogP contribution in [0.5, 0.6) is 0 Å². The van der Waals surface area contributed by atoms with E-state index in [-0.39, 0.29) is 17.9 Å². The monoisotopic (exact) mass is 377 g/mol. The van der Waals surface area contributed by atoms with E-state index in [1.54, 1.807) is 12.1 Å². The van der Waals surface area contributed by atoms with Gasteiger partial charge in [-0.3, -0.25) is 0 Å². The first-order chi connectivity index (χ1) is 13.2. The zero-order valence-electron chi connectivity index (χ0n) is 16.3. The lowest BCUT2D eigenvalue weighted by molar-refractivity contribution is -0.108. The van der Waals surface area contributed by atoms with Crippen LogP contribution in [0.25, 0.3) is 0 Å². The van der Waals surface area contributed by atoms with Crippen LogP contribution in [0.3, 0.4) is 0 Å². The Morgan fingerprint density at radius 2 is 1.96 bits per heavy atom. The predicted molar refractivity (Wildman–Crippen MR) is 107 cm³/mol. The number of hydrogen-bond donors (Lipinski definition) is 1. The molecule has 1 atom stereocenters. The van der Waals surface area contributed by atoms with E-state index in [2.05, 4.69) is 17.1 Å². The third-order valence-corrected chi connectivity index (χ3v) is 5.10. The van der Waals surface area contributed by atoms with Crippen LogP contribution in [0.2, 0.25) is 0 Å². The summed E-state index contributed by atoms with van der Waals surface area (Å²) in [6.07, 6.45) is 7.52. The summed E-state index contributed by atoms with van der Waals surface area (Å²) in [6.45, 7) is 4.93. The average molecular weight is 378 g/mol. The van der Waals surface area contributed by atoms with Gasteiger partial charge in [-0.2, -0.15) is 0 Å². The second kappa shape index (κ2) is 11.6. The highest BCUT2D eigenvalue weighted by molar-refractivity contribution is 5.75. The van der Waals surface area contributed by atoms with Crippen LogP contribution in [0.4, 0.5) is 14.9 Å². The molecule has 0 spiro atoms. The number of carbonyl (C=O) groups excluding carboxylic acids is 2. The minimum Gasteiger partial charge on any atom is -0.368 e. The number of rotatable bonds is 10. The number of halogens is 1. The zero-order chi connectivity index (χ0) is 19.5. The van der Waals surface area contributed by atoms with Crippen molar-refractivity contribution < 1.29 is 14.0 Å². The Kier molecular flexibility index (Phi) is 9.08. The fourth-order valence-electron chi connectivity index (χ4n) is 3.54. The van der Waals surface area contributed by atoms with Crippen molar-refractivity contribution in [2.45, 2.75) is 57.9 Å². The standard InChI is InChI=1S/C21H32FN3O2/c1-2-3-4-6-13-23-21(27)25-15-14-24(17-20(25)8-5-7-16-26)19-11-9-18(22)10-12-19/h9-12,16,20H,2-8,13-15,17H2,1H3,(H,23,27). The molecule has 1 N–H and O–H groups in total. The molecule has 1 fully saturated rings. The lowest BCUT2D eigenvalue weighted by Gasteiger charge is -2.42. The molecule has 6 heteroatoms. The molecule has 0 saturated carbocycles. The highest BCUT2D eigenvalue weighted by Crippen LogP contribution is 2.22. The lowest BCUT2D eigenvalue weighted by Crippen LogP contribution is -2.57. The summed E-state index contributed by atoms with van der Waals surface area (Å²) in [6, 6.07) is 6.53. The number of aldehydes is 1. The second-order valence-electron chi connectivity index (χ2n) is 7.16. The van der Waals surface area contributed by atoms with E-state index in [0.29, 0.717) is 26.1 Å². The first-order valence-electron chi connectivity index (χ1n) is 10.1. The molecule has 2 rings (SSSR count). The Hall–Kier alpha value is -2.11. The third-order valence-electron chi connectivity index (χ3n) is 5.10. The molecule has 1 saturated heterocycles. The Labute approximate surface area is 161 Å². The Morgan fingerprint density at radius 3 is 2.67 bits per heavy atom. The molecule has 2 amide bonds. The third kappa shape index (κ3) is 6.85. The SMILES string of the molecule is CCCCCCNC(=O)N1CCN(c2ccc(F)cc2)CC1CCCC=O. The molecule has 0 aromatic heterocycles. The van der Waals surface area contributed by atoms with E-state index < -0.39 is 0 Å². The van der Waals surface area contributed by atoms with E-state index in [1.807, 2.05) is 4.90 Å². The van der Waals surface area contributed by atoms with Crippen molar-refractivity contribution in [2.24, 2.45) is 0 Å². The number of piperazine rings is 1. The molecule has 1 heterocycles. The molecule has 1 aromatic rings. The maximum atomic E-state index is 13.2. The zero-order valence-corrected chi connectivity index (χ0v) is 16.3. The number of urea groups is 1. The Balaban J connectivity index is 1.93. The first-order valence-corrected chi connectivity index (χ1v) is 10.1. The van der Waals surface area contributed by atoms with Gasteiger partial charge in [-0.1, -0.05) is 26.2 Å². The predicted octanol–water partition coefficient (Wildman–Crippen LogP) is 3.98. The maximum absolute atomic E-state index is 13.2. The molecule has 1 aliphatic heterocycles. The first kappa shape index (κ1) is 21.2. The van der Waals surface area contributed by atoms with Gasteiger partial charge in [0.2, 0.25) is 0 Å². The van der Waals surface area contributed by atoms with Crippen LogP contribution in [-0.4, -0.2) is 49.4 Å². The van der Waals surface area contributed by atoms with Crippen LogP contribution in [0, 0.1) is 5.82 Å². The van der Waals surface area contributed by atoms with Crippen LogP contribution in [0.15, 0.2) is 24.3 Å². The fourth-order valence-corrected chi connectivity index (χ4v) is 3.54. The molecule has 0 radical (unpaired) electrons. The van der Waals surface area contributed by atoms with Crippen molar-refractivity contribution in [3.63, 3.8) is 0 Å². The molecular weight excluding hydrogens is 345 g/mol. The summed E-state index contributed by atoms with van der Waals surface area (Å²) >= 11 is 0. The number of hydrogen-bond acceptors (Lipinski definition) is 3. The molecule has 1 aliphatic rings. The normalized spacial score (nSPS) is 17.0. The number of anilines is 1. The number of unbranched alkanes of at least 4 members (excludes halogenated alkanes) is 4. The van der Waals surface area contributed by atoms with Crippen LogP contribution in [-0.2, 0) is 4.79 Å². The number of nitrogens with zero attached hydrogens (tertiary/aromatic N) is 2. The number of amides is 2. The van der Waals surface area contributed by atoms with Crippen molar-refractivity contribution in [3.8, 4) is 0 Å². The van der Waals surface area contributed by atoms with Gasteiger partial charge in [0.1, 0.15) is 12.1 Å². The molecule has 1 unspecified atom stereocenters. The second-order valence-corrected chi connectivity index (χ2v) is 7.16. The topological polar surface area (TPSA) is 52.7 Å². The molecule has 0 bridgehead atoms. The van der Waals surface area contributed by atoms with Gasteiger partial charge in [-0.05, 0) is 43.5 Å². The quantitative estimate of drug-likeness (QED) is 0.496. The average Bonchev–Trinajstić information content (AvgIpc) is 2.68. The van der Waals surface area contributed by atoms with Gasteiger partial charge in [0.05, 0.1) is 6.04 Å². The molecule has 5 nitrogen and oxygen atoms in total.